The highest BCUT2D eigenvalue weighted by molar-refractivity contribution is 7.92. The Morgan fingerprint density at radius 3 is 2.23 bits per heavy atom. The van der Waals surface area contributed by atoms with E-state index in [0.717, 1.165) is 0 Å². The molecule has 1 aromatic carbocycles. The van der Waals surface area contributed by atoms with Crippen molar-refractivity contribution in [3.63, 3.8) is 0 Å². The van der Waals surface area contributed by atoms with Gasteiger partial charge in [-0.1, -0.05) is 12.1 Å². The van der Waals surface area contributed by atoms with E-state index in [1.54, 1.807) is 24.3 Å². The second kappa shape index (κ2) is 3.60. The second-order valence-electron chi connectivity index (χ2n) is 3.85. The van der Waals surface area contributed by atoms with Gasteiger partial charge in [0.25, 0.3) is 0 Å². The van der Waals surface area contributed by atoms with Crippen LogP contribution in [0.15, 0.2) is 29.2 Å². The lowest BCUT2D eigenvalue weighted by atomic mass is 10.3. The van der Waals surface area contributed by atoms with Crippen molar-refractivity contribution in [1.29, 1.82) is 0 Å². The first kappa shape index (κ1) is 10.4. The number of aromatic hydroxyl groups is 1. The molecule has 0 aliphatic carbocycles. The van der Waals surface area contributed by atoms with Crippen molar-refractivity contribution >= 4 is 11.2 Å². The molecule has 13 heavy (non-hydrogen) atoms. The molecule has 0 aromatic heterocycles. The summed E-state index contributed by atoms with van der Waals surface area (Å²) in [4.78, 5) is 0.509. The Labute approximate surface area is 81.8 Å². The normalized spacial score (nSPS) is 14.2. The van der Waals surface area contributed by atoms with Gasteiger partial charge < -0.3 is 9.66 Å². The van der Waals surface area contributed by atoms with Gasteiger partial charge >= 0.3 is 0 Å². The van der Waals surface area contributed by atoms with Gasteiger partial charge in [-0.3, -0.25) is 0 Å². The maximum absolute atomic E-state index is 11.8. The Morgan fingerprint density at radius 2 is 1.77 bits per heavy atom. The molecule has 0 saturated heterocycles. The van der Waals surface area contributed by atoms with Crippen molar-refractivity contribution in [1.82, 2.24) is 0 Å². The molecule has 0 saturated carbocycles. The maximum atomic E-state index is 11.8. The SMILES string of the molecule is CC(C)(C)[S+]([O-])c1ccccc1O. The van der Waals surface area contributed by atoms with Gasteiger partial charge in [0.15, 0.2) is 10.6 Å². The molecule has 0 amide bonds. The molecule has 0 fully saturated rings. The smallest absolute Gasteiger partial charge is 0.194 e. The molecule has 0 spiro atoms. The lowest BCUT2D eigenvalue weighted by molar-refractivity contribution is 0.456. The Kier molecular flexibility index (Phi) is 2.88. The van der Waals surface area contributed by atoms with Gasteiger partial charge in [0.05, 0.1) is 0 Å². The number of hydrogen-bond donors (Lipinski definition) is 1. The quantitative estimate of drug-likeness (QED) is 0.704. The predicted molar refractivity (Wildman–Crippen MR) is 54.3 cm³/mol. The molecule has 0 aliphatic heterocycles. The van der Waals surface area contributed by atoms with Crippen LogP contribution in [0.2, 0.25) is 0 Å². The molecule has 1 rings (SSSR count). The van der Waals surface area contributed by atoms with E-state index < -0.39 is 11.2 Å². The third-order valence-electron chi connectivity index (χ3n) is 1.62. The monoisotopic (exact) mass is 198 g/mol. The Balaban J connectivity index is 3.02. The number of phenols is 1. The van der Waals surface area contributed by atoms with E-state index >= 15 is 0 Å². The highest BCUT2D eigenvalue weighted by Gasteiger charge is 2.29. The molecular formula is C10H14O2S. The summed E-state index contributed by atoms with van der Waals surface area (Å²) in [6.07, 6.45) is 0. The van der Waals surface area contributed by atoms with Crippen LogP contribution in [0.25, 0.3) is 0 Å². The molecule has 0 bridgehead atoms. The maximum Gasteiger partial charge on any atom is 0.194 e. The van der Waals surface area contributed by atoms with Gasteiger partial charge in [-0.2, -0.15) is 0 Å². The first-order valence-corrected chi connectivity index (χ1v) is 5.28. The van der Waals surface area contributed by atoms with Gasteiger partial charge in [-0.25, -0.2) is 0 Å². The fourth-order valence-corrected chi connectivity index (χ4v) is 2.06. The molecule has 1 N–H and O–H groups in total. The highest BCUT2D eigenvalue weighted by Crippen LogP contribution is 2.30. The summed E-state index contributed by atoms with van der Waals surface area (Å²) in [7, 11) is 0. The van der Waals surface area contributed by atoms with Crippen LogP contribution in [0.3, 0.4) is 0 Å². The van der Waals surface area contributed by atoms with Crippen LogP contribution in [-0.4, -0.2) is 14.4 Å². The molecule has 72 valence electrons. The van der Waals surface area contributed by atoms with E-state index in [1.807, 2.05) is 20.8 Å². The van der Waals surface area contributed by atoms with Crippen molar-refractivity contribution < 1.29 is 9.66 Å². The highest BCUT2D eigenvalue weighted by atomic mass is 32.2. The Bertz CT molecular complexity index is 291. The van der Waals surface area contributed by atoms with E-state index in [9.17, 15) is 9.66 Å². The van der Waals surface area contributed by atoms with Crippen molar-refractivity contribution in [2.75, 3.05) is 0 Å². The van der Waals surface area contributed by atoms with Crippen molar-refractivity contribution in [2.45, 2.75) is 30.4 Å². The zero-order valence-electron chi connectivity index (χ0n) is 8.07. The standard InChI is InChI=1S/C10H14O2S/c1-10(2,3)13(12)9-7-5-4-6-8(9)11/h4-7,11H,1-3H3. The van der Waals surface area contributed by atoms with Crippen LogP contribution in [0.1, 0.15) is 20.8 Å². The second-order valence-corrected chi connectivity index (χ2v) is 6.05. The van der Waals surface area contributed by atoms with E-state index in [1.165, 1.54) is 0 Å². The van der Waals surface area contributed by atoms with Crippen LogP contribution in [0, 0.1) is 0 Å². The average Bonchev–Trinajstić information content (AvgIpc) is 2.02. The lowest BCUT2D eigenvalue weighted by Crippen LogP contribution is -2.27. The largest absolute Gasteiger partial charge is 0.611 e. The van der Waals surface area contributed by atoms with Gasteiger partial charge in [0.2, 0.25) is 0 Å². The molecule has 0 radical (unpaired) electrons. The fraction of sp³-hybridized carbons (Fsp3) is 0.400. The molecule has 2 nitrogen and oxygen atoms in total. The Morgan fingerprint density at radius 1 is 1.23 bits per heavy atom. The van der Waals surface area contributed by atoms with E-state index in [-0.39, 0.29) is 10.5 Å². The number of rotatable bonds is 1. The van der Waals surface area contributed by atoms with E-state index in [0.29, 0.717) is 4.90 Å². The van der Waals surface area contributed by atoms with Gasteiger partial charge in [-0.05, 0) is 44.1 Å². The van der Waals surface area contributed by atoms with E-state index in [2.05, 4.69) is 0 Å². The molecular weight excluding hydrogens is 184 g/mol. The minimum atomic E-state index is -1.16. The molecule has 0 aliphatic rings. The van der Waals surface area contributed by atoms with Crippen LogP contribution >= 0.6 is 0 Å². The fourth-order valence-electron chi connectivity index (χ4n) is 0.944. The summed E-state index contributed by atoms with van der Waals surface area (Å²) in [6, 6.07) is 6.74. The van der Waals surface area contributed by atoms with Crippen molar-refractivity contribution in [3.05, 3.63) is 24.3 Å². The van der Waals surface area contributed by atoms with Gasteiger partial charge in [-0.15, -0.1) is 0 Å². The summed E-state index contributed by atoms with van der Waals surface area (Å²) in [5.74, 6) is 0.107. The zero-order valence-corrected chi connectivity index (χ0v) is 8.89. The Hall–Kier alpha value is -0.670. The van der Waals surface area contributed by atoms with Crippen LogP contribution < -0.4 is 0 Å². The number of para-hydroxylation sites is 1. The molecule has 1 aromatic rings. The van der Waals surface area contributed by atoms with Crippen LogP contribution in [0.5, 0.6) is 5.75 Å². The third kappa shape index (κ3) is 2.39. The lowest BCUT2D eigenvalue weighted by Gasteiger charge is -2.24. The number of phenolic OH excluding ortho intramolecular Hbond substituents is 1. The summed E-state index contributed by atoms with van der Waals surface area (Å²) < 4.78 is 11.5. The summed E-state index contributed by atoms with van der Waals surface area (Å²) >= 11 is -1.16. The summed E-state index contributed by atoms with van der Waals surface area (Å²) in [5, 5.41) is 9.45. The molecule has 3 heteroatoms. The van der Waals surface area contributed by atoms with Crippen LogP contribution in [-0.2, 0) is 11.2 Å². The zero-order chi connectivity index (χ0) is 10.1. The van der Waals surface area contributed by atoms with Crippen molar-refractivity contribution in [3.8, 4) is 5.75 Å². The third-order valence-corrected chi connectivity index (χ3v) is 3.48. The first-order chi connectivity index (χ1) is 5.93. The van der Waals surface area contributed by atoms with Crippen molar-refractivity contribution in [2.24, 2.45) is 0 Å². The average molecular weight is 198 g/mol. The molecule has 1 unspecified atom stereocenters. The molecule has 1 atom stereocenters. The van der Waals surface area contributed by atoms with E-state index in [4.69, 9.17) is 0 Å². The topological polar surface area (TPSA) is 43.3 Å². The minimum absolute atomic E-state index is 0.107. The van der Waals surface area contributed by atoms with Gasteiger partial charge in [0, 0.05) is 0 Å². The predicted octanol–water partition coefficient (Wildman–Crippen LogP) is 2.30. The summed E-state index contributed by atoms with van der Waals surface area (Å²) in [6.45, 7) is 5.65. The summed E-state index contributed by atoms with van der Waals surface area (Å²) in [5.41, 5.74) is 0. The van der Waals surface area contributed by atoms with Crippen LogP contribution in [0.4, 0.5) is 0 Å². The number of hydrogen-bond acceptors (Lipinski definition) is 2. The van der Waals surface area contributed by atoms with Gasteiger partial charge in [0.1, 0.15) is 4.75 Å². The molecule has 0 heterocycles. The first-order valence-electron chi connectivity index (χ1n) is 4.13. The minimum Gasteiger partial charge on any atom is -0.611 e. The number of benzene rings is 1.